The molecule has 1 aromatic carbocycles. The number of nitrogens with two attached hydrogens (primary N) is 1. The first-order chi connectivity index (χ1) is 8.56. The number of carbonyl (C=O) groups excluding carboxylic acids is 2. The summed E-state index contributed by atoms with van der Waals surface area (Å²) >= 11 is 5.85. The van der Waals surface area contributed by atoms with Gasteiger partial charge in [-0.15, -0.1) is 0 Å². The van der Waals surface area contributed by atoms with Crippen molar-refractivity contribution in [2.75, 3.05) is 18.1 Å². The third-order valence-corrected chi connectivity index (χ3v) is 2.64. The molecular formula is C11H11ClN2O4. The number of primary amides is 1. The minimum absolute atomic E-state index is 0.0574. The summed E-state index contributed by atoms with van der Waals surface area (Å²) in [6.45, 7) is 0.227. The molecule has 0 radical (unpaired) electrons. The molecule has 0 aromatic heterocycles. The Labute approximate surface area is 108 Å². The molecule has 18 heavy (non-hydrogen) atoms. The number of amides is 2. The van der Waals surface area contributed by atoms with Crippen LogP contribution in [0.3, 0.4) is 0 Å². The summed E-state index contributed by atoms with van der Waals surface area (Å²) in [5.74, 6) is 0. The second-order valence-corrected chi connectivity index (χ2v) is 4.16. The Morgan fingerprint density at radius 3 is 3.06 bits per heavy atom. The minimum Gasteiger partial charge on any atom is -0.446 e. The van der Waals surface area contributed by atoms with E-state index < -0.39 is 18.3 Å². The fourth-order valence-corrected chi connectivity index (χ4v) is 1.82. The van der Waals surface area contributed by atoms with E-state index in [4.69, 9.17) is 22.1 Å². The molecule has 0 spiro atoms. The minimum atomic E-state index is -0.896. The summed E-state index contributed by atoms with van der Waals surface area (Å²) in [6.07, 6.45) is -1.92. The van der Waals surface area contributed by atoms with Crippen molar-refractivity contribution in [2.24, 2.45) is 5.73 Å². The SMILES string of the molecule is NC(=O)OCC1CN(c2cccc(Cl)c2)C(=O)O1. The van der Waals surface area contributed by atoms with E-state index in [1.165, 1.54) is 4.90 Å². The van der Waals surface area contributed by atoms with Crippen LogP contribution in [-0.4, -0.2) is 31.4 Å². The zero-order valence-corrected chi connectivity index (χ0v) is 10.1. The van der Waals surface area contributed by atoms with E-state index in [1.54, 1.807) is 24.3 Å². The maximum atomic E-state index is 11.6. The van der Waals surface area contributed by atoms with Crippen molar-refractivity contribution < 1.29 is 19.1 Å². The van der Waals surface area contributed by atoms with Crippen LogP contribution in [0.4, 0.5) is 15.3 Å². The summed E-state index contributed by atoms with van der Waals surface area (Å²) in [6, 6.07) is 6.84. The zero-order chi connectivity index (χ0) is 13.1. The quantitative estimate of drug-likeness (QED) is 0.907. The number of cyclic esters (lactones) is 1. The second-order valence-electron chi connectivity index (χ2n) is 3.73. The third kappa shape index (κ3) is 2.84. The van der Waals surface area contributed by atoms with Crippen molar-refractivity contribution in [3.8, 4) is 0 Å². The highest BCUT2D eigenvalue weighted by atomic mass is 35.5. The zero-order valence-electron chi connectivity index (χ0n) is 9.34. The Bertz CT molecular complexity index is 480. The number of nitrogens with zero attached hydrogens (tertiary/aromatic N) is 1. The van der Waals surface area contributed by atoms with E-state index in [2.05, 4.69) is 4.74 Å². The summed E-state index contributed by atoms with van der Waals surface area (Å²) in [7, 11) is 0. The smallest absolute Gasteiger partial charge is 0.414 e. The molecule has 1 saturated heterocycles. The largest absolute Gasteiger partial charge is 0.446 e. The van der Waals surface area contributed by atoms with Gasteiger partial charge in [-0.1, -0.05) is 17.7 Å². The van der Waals surface area contributed by atoms with Crippen LogP contribution in [0, 0.1) is 0 Å². The van der Waals surface area contributed by atoms with Crippen LogP contribution >= 0.6 is 11.6 Å². The lowest BCUT2D eigenvalue weighted by Crippen LogP contribution is -2.27. The average molecular weight is 271 g/mol. The van der Waals surface area contributed by atoms with Crippen LogP contribution < -0.4 is 10.6 Å². The first-order valence-electron chi connectivity index (χ1n) is 5.22. The number of benzene rings is 1. The molecule has 1 aliphatic heterocycles. The number of hydrogen-bond acceptors (Lipinski definition) is 4. The molecule has 96 valence electrons. The van der Waals surface area contributed by atoms with Gasteiger partial charge >= 0.3 is 12.2 Å². The van der Waals surface area contributed by atoms with E-state index in [9.17, 15) is 9.59 Å². The van der Waals surface area contributed by atoms with Gasteiger partial charge in [-0.3, -0.25) is 4.90 Å². The molecule has 2 amide bonds. The topological polar surface area (TPSA) is 81.9 Å². The maximum Gasteiger partial charge on any atom is 0.414 e. The number of halogens is 1. The van der Waals surface area contributed by atoms with Gasteiger partial charge in [0.2, 0.25) is 0 Å². The third-order valence-electron chi connectivity index (χ3n) is 2.41. The van der Waals surface area contributed by atoms with Crippen LogP contribution in [0.15, 0.2) is 24.3 Å². The van der Waals surface area contributed by atoms with Crippen molar-refractivity contribution >= 4 is 29.5 Å². The van der Waals surface area contributed by atoms with Crippen LogP contribution in [0.1, 0.15) is 0 Å². The lowest BCUT2D eigenvalue weighted by molar-refractivity contribution is 0.0779. The molecule has 1 aliphatic rings. The lowest BCUT2D eigenvalue weighted by atomic mass is 10.3. The highest BCUT2D eigenvalue weighted by molar-refractivity contribution is 6.30. The number of ether oxygens (including phenoxy) is 2. The van der Waals surface area contributed by atoms with Crippen molar-refractivity contribution in [2.45, 2.75) is 6.10 Å². The summed E-state index contributed by atoms with van der Waals surface area (Å²) in [4.78, 5) is 23.5. The Hall–Kier alpha value is -1.95. The molecule has 1 heterocycles. The molecule has 1 aromatic rings. The van der Waals surface area contributed by atoms with E-state index in [-0.39, 0.29) is 13.2 Å². The van der Waals surface area contributed by atoms with Crippen molar-refractivity contribution in [3.05, 3.63) is 29.3 Å². The highest BCUT2D eigenvalue weighted by Crippen LogP contribution is 2.24. The predicted octanol–water partition coefficient (Wildman–Crippen LogP) is 1.76. The number of carbonyl (C=O) groups is 2. The predicted molar refractivity (Wildman–Crippen MR) is 64.6 cm³/mol. The lowest BCUT2D eigenvalue weighted by Gasteiger charge is -2.12. The molecule has 1 fully saturated rings. The van der Waals surface area contributed by atoms with Gasteiger partial charge in [0, 0.05) is 10.7 Å². The summed E-state index contributed by atoms with van der Waals surface area (Å²) in [5, 5.41) is 0.525. The molecule has 7 heteroatoms. The Morgan fingerprint density at radius 2 is 2.39 bits per heavy atom. The van der Waals surface area contributed by atoms with Gasteiger partial charge in [0.05, 0.1) is 6.54 Å². The average Bonchev–Trinajstić information content (AvgIpc) is 2.68. The van der Waals surface area contributed by atoms with E-state index >= 15 is 0 Å². The van der Waals surface area contributed by atoms with Crippen molar-refractivity contribution in [3.63, 3.8) is 0 Å². The summed E-state index contributed by atoms with van der Waals surface area (Å²) in [5.41, 5.74) is 5.47. The molecule has 1 atom stereocenters. The van der Waals surface area contributed by atoms with Crippen LogP contribution in [0.2, 0.25) is 5.02 Å². The van der Waals surface area contributed by atoms with Gasteiger partial charge in [0.1, 0.15) is 6.61 Å². The number of anilines is 1. The van der Waals surface area contributed by atoms with E-state index in [0.717, 1.165) is 0 Å². The molecule has 6 nitrogen and oxygen atoms in total. The molecule has 2 rings (SSSR count). The molecule has 0 saturated carbocycles. The van der Waals surface area contributed by atoms with Gasteiger partial charge in [-0.2, -0.15) is 0 Å². The van der Waals surface area contributed by atoms with Crippen LogP contribution in [-0.2, 0) is 9.47 Å². The Kier molecular flexibility index (Phi) is 3.57. The number of rotatable bonds is 3. The monoisotopic (exact) mass is 270 g/mol. The first kappa shape index (κ1) is 12.5. The van der Waals surface area contributed by atoms with Crippen LogP contribution in [0.25, 0.3) is 0 Å². The Balaban J connectivity index is 2.03. The van der Waals surface area contributed by atoms with E-state index in [1.807, 2.05) is 0 Å². The van der Waals surface area contributed by atoms with Gasteiger partial charge in [0.15, 0.2) is 6.10 Å². The van der Waals surface area contributed by atoms with Crippen molar-refractivity contribution in [1.82, 2.24) is 0 Å². The van der Waals surface area contributed by atoms with Gasteiger partial charge in [-0.25, -0.2) is 9.59 Å². The Morgan fingerprint density at radius 1 is 1.61 bits per heavy atom. The maximum absolute atomic E-state index is 11.6. The molecule has 1 unspecified atom stereocenters. The normalized spacial score (nSPS) is 18.6. The molecular weight excluding hydrogens is 260 g/mol. The van der Waals surface area contributed by atoms with Gasteiger partial charge in [-0.05, 0) is 18.2 Å². The molecule has 2 N–H and O–H groups in total. The van der Waals surface area contributed by atoms with Gasteiger partial charge in [0.25, 0.3) is 0 Å². The highest BCUT2D eigenvalue weighted by Gasteiger charge is 2.33. The molecule has 0 bridgehead atoms. The standard InChI is InChI=1S/C11H11ClN2O4/c12-7-2-1-3-8(4-7)14-5-9(18-11(14)16)6-17-10(13)15/h1-4,9H,5-6H2,(H2,13,15). The summed E-state index contributed by atoms with van der Waals surface area (Å²) < 4.78 is 9.62. The van der Waals surface area contributed by atoms with Crippen molar-refractivity contribution in [1.29, 1.82) is 0 Å². The first-order valence-corrected chi connectivity index (χ1v) is 5.60. The fourth-order valence-electron chi connectivity index (χ4n) is 1.64. The van der Waals surface area contributed by atoms with Crippen LogP contribution in [0.5, 0.6) is 0 Å². The fraction of sp³-hybridized carbons (Fsp3) is 0.273. The molecule has 0 aliphatic carbocycles. The second kappa shape index (κ2) is 5.14. The van der Waals surface area contributed by atoms with Gasteiger partial charge < -0.3 is 15.2 Å². The number of hydrogen-bond donors (Lipinski definition) is 1. The van der Waals surface area contributed by atoms with E-state index in [0.29, 0.717) is 10.7 Å².